The Hall–Kier alpha value is -2.79. The molecule has 138 valence electrons. The second kappa shape index (κ2) is 7.08. The van der Waals surface area contributed by atoms with Gasteiger partial charge in [0.05, 0.1) is 0 Å². The van der Waals surface area contributed by atoms with Crippen molar-refractivity contribution in [2.24, 2.45) is 0 Å². The van der Waals surface area contributed by atoms with E-state index in [-0.39, 0.29) is 11.5 Å². The van der Waals surface area contributed by atoms with Crippen LogP contribution in [-0.4, -0.2) is 37.0 Å². The van der Waals surface area contributed by atoms with Crippen LogP contribution < -0.4 is 10.5 Å². The van der Waals surface area contributed by atoms with Crippen LogP contribution in [0.4, 0.5) is 5.69 Å². The van der Waals surface area contributed by atoms with Gasteiger partial charge >= 0.3 is 5.63 Å². The summed E-state index contributed by atoms with van der Waals surface area (Å²) >= 11 is 6.06. The number of hydrogen-bond donors (Lipinski definition) is 0. The highest BCUT2D eigenvalue weighted by Gasteiger charge is 2.25. The fourth-order valence-corrected chi connectivity index (χ4v) is 3.63. The largest absolute Gasteiger partial charge is 0.422 e. The standard InChI is InChI=1S/C21H19ClN2O3/c1-14-4-2-5-15-12-18(21(26)27-19(14)15)20(25)24-10-8-23(9-11-24)17-7-3-6-16(22)13-17/h2-7,12-13H,8-11H2,1H3. The van der Waals surface area contributed by atoms with Crippen LogP contribution >= 0.6 is 11.6 Å². The molecule has 2 aromatic carbocycles. The lowest BCUT2D eigenvalue weighted by atomic mass is 10.1. The quantitative estimate of drug-likeness (QED) is 0.634. The molecule has 0 bridgehead atoms. The molecule has 1 amide bonds. The molecule has 1 fully saturated rings. The van der Waals surface area contributed by atoms with Crippen LogP contribution in [0.15, 0.2) is 57.7 Å². The Bertz CT molecular complexity index is 1070. The summed E-state index contributed by atoms with van der Waals surface area (Å²) in [5, 5.41) is 1.45. The molecule has 0 unspecified atom stereocenters. The molecule has 0 N–H and O–H groups in total. The first-order chi connectivity index (χ1) is 13.0. The monoisotopic (exact) mass is 382 g/mol. The number of rotatable bonds is 2. The maximum atomic E-state index is 12.9. The summed E-state index contributed by atoms with van der Waals surface area (Å²) in [4.78, 5) is 29.1. The lowest BCUT2D eigenvalue weighted by molar-refractivity contribution is 0.0742. The lowest BCUT2D eigenvalue weighted by Crippen LogP contribution is -2.49. The summed E-state index contributed by atoms with van der Waals surface area (Å²) < 4.78 is 5.41. The van der Waals surface area contributed by atoms with Gasteiger partial charge in [-0.3, -0.25) is 4.79 Å². The SMILES string of the molecule is Cc1cccc2cc(C(=O)N3CCN(c4cccc(Cl)c4)CC3)c(=O)oc12. The van der Waals surface area contributed by atoms with Gasteiger partial charge in [-0.2, -0.15) is 0 Å². The molecule has 3 aromatic rings. The Balaban J connectivity index is 1.54. The van der Waals surface area contributed by atoms with Crippen molar-refractivity contribution in [1.82, 2.24) is 4.90 Å². The van der Waals surface area contributed by atoms with Crippen molar-refractivity contribution in [2.45, 2.75) is 6.92 Å². The molecule has 0 aliphatic carbocycles. The highest BCUT2D eigenvalue weighted by Crippen LogP contribution is 2.22. The second-order valence-electron chi connectivity index (χ2n) is 6.70. The molecular formula is C21H19ClN2O3. The average Bonchev–Trinajstić information content (AvgIpc) is 2.68. The van der Waals surface area contributed by atoms with Gasteiger partial charge in [-0.15, -0.1) is 0 Å². The van der Waals surface area contributed by atoms with Crippen molar-refractivity contribution < 1.29 is 9.21 Å². The molecule has 27 heavy (non-hydrogen) atoms. The third-order valence-corrected chi connectivity index (χ3v) is 5.16. The van der Waals surface area contributed by atoms with E-state index in [0.29, 0.717) is 36.8 Å². The maximum Gasteiger partial charge on any atom is 0.349 e. The summed E-state index contributed by atoms with van der Waals surface area (Å²) in [7, 11) is 0. The number of para-hydroxylation sites is 1. The van der Waals surface area contributed by atoms with Crippen molar-refractivity contribution in [2.75, 3.05) is 31.1 Å². The number of aryl methyl sites for hydroxylation is 1. The first-order valence-electron chi connectivity index (χ1n) is 8.86. The molecule has 6 heteroatoms. The Morgan fingerprint density at radius 1 is 1.04 bits per heavy atom. The molecule has 0 atom stereocenters. The minimum absolute atomic E-state index is 0.0873. The normalized spacial score (nSPS) is 14.6. The van der Waals surface area contributed by atoms with Gasteiger partial charge in [-0.1, -0.05) is 35.9 Å². The number of piperazine rings is 1. The van der Waals surface area contributed by atoms with Crippen molar-refractivity contribution in [3.05, 3.63) is 75.1 Å². The number of benzene rings is 2. The molecule has 0 spiro atoms. The smallest absolute Gasteiger partial charge is 0.349 e. The summed E-state index contributed by atoms with van der Waals surface area (Å²) in [5.41, 5.74) is 1.95. The molecule has 1 aromatic heterocycles. The fraction of sp³-hybridized carbons (Fsp3) is 0.238. The van der Waals surface area contributed by atoms with E-state index in [2.05, 4.69) is 4.90 Å². The van der Waals surface area contributed by atoms with E-state index in [0.717, 1.165) is 16.6 Å². The van der Waals surface area contributed by atoms with Crippen LogP contribution in [0.2, 0.25) is 5.02 Å². The first kappa shape index (κ1) is 17.6. The number of carbonyl (C=O) groups is 1. The van der Waals surface area contributed by atoms with E-state index in [1.165, 1.54) is 0 Å². The zero-order valence-electron chi connectivity index (χ0n) is 14.9. The van der Waals surface area contributed by atoms with Crippen LogP contribution in [-0.2, 0) is 0 Å². The number of fused-ring (bicyclic) bond motifs is 1. The highest BCUT2D eigenvalue weighted by atomic mass is 35.5. The molecule has 5 nitrogen and oxygen atoms in total. The van der Waals surface area contributed by atoms with E-state index in [9.17, 15) is 9.59 Å². The minimum atomic E-state index is -0.584. The Morgan fingerprint density at radius 2 is 1.78 bits per heavy atom. The Kier molecular flexibility index (Phi) is 4.62. The van der Waals surface area contributed by atoms with Crippen molar-refractivity contribution in [3.63, 3.8) is 0 Å². The third-order valence-electron chi connectivity index (χ3n) is 4.93. The number of hydrogen-bond acceptors (Lipinski definition) is 4. The Morgan fingerprint density at radius 3 is 2.52 bits per heavy atom. The van der Waals surface area contributed by atoms with Gasteiger partial charge in [-0.05, 0) is 36.8 Å². The summed E-state index contributed by atoms with van der Waals surface area (Å²) in [5.74, 6) is -0.280. The van der Waals surface area contributed by atoms with Crippen LogP contribution in [0.1, 0.15) is 15.9 Å². The Labute approximate surface area is 161 Å². The number of nitrogens with zero attached hydrogens (tertiary/aromatic N) is 2. The van der Waals surface area contributed by atoms with Gasteiger partial charge in [0.1, 0.15) is 11.1 Å². The molecule has 1 aliphatic heterocycles. The third kappa shape index (κ3) is 3.43. The van der Waals surface area contributed by atoms with Crippen LogP contribution in [0, 0.1) is 6.92 Å². The lowest BCUT2D eigenvalue weighted by Gasteiger charge is -2.36. The summed E-state index contributed by atoms with van der Waals surface area (Å²) in [6, 6.07) is 14.9. The van der Waals surface area contributed by atoms with Crippen molar-refractivity contribution in [1.29, 1.82) is 0 Å². The number of amides is 1. The van der Waals surface area contributed by atoms with Crippen molar-refractivity contribution >= 4 is 34.2 Å². The zero-order chi connectivity index (χ0) is 19.0. The van der Waals surface area contributed by atoms with Gasteiger partial charge in [0.2, 0.25) is 0 Å². The van der Waals surface area contributed by atoms with Crippen LogP contribution in [0.3, 0.4) is 0 Å². The topological polar surface area (TPSA) is 53.8 Å². The molecule has 2 heterocycles. The summed E-state index contributed by atoms with van der Waals surface area (Å²) in [6.45, 7) is 4.32. The van der Waals surface area contributed by atoms with Gasteiger partial charge in [0, 0.05) is 42.3 Å². The maximum absolute atomic E-state index is 12.9. The predicted octanol–water partition coefficient (Wildman–Crippen LogP) is 3.72. The average molecular weight is 383 g/mol. The number of carbonyl (C=O) groups excluding carboxylic acids is 1. The molecular weight excluding hydrogens is 364 g/mol. The molecule has 1 saturated heterocycles. The van der Waals surface area contributed by atoms with Crippen LogP contribution in [0.25, 0.3) is 11.0 Å². The molecule has 4 rings (SSSR count). The molecule has 0 saturated carbocycles. The van der Waals surface area contributed by atoms with Crippen molar-refractivity contribution in [3.8, 4) is 0 Å². The van der Waals surface area contributed by atoms with Crippen LogP contribution in [0.5, 0.6) is 0 Å². The molecule has 1 aliphatic rings. The fourth-order valence-electron chi connectivity index (χ4n) is 3.45. The van der Waals surface area contributed by atoms with Gasteiger partial charge in [0.25, 0.3) is 5.91 Å². The van der Waals surface area contributed by atoms with E-state index < -0.39 is 5.63 Å². The van der Waals surface area contributed by atoms with Gasteiger partial charge < -0.3 is 14.2 Å². The predicted molar refractivity (Wildman–Crippen MR) is 107 cm³/mol. The number of halogens is 1. The zero-order valence-corrected chi connectivity index (χ0v) is 15.7. The van der Waals surface area contributed by atoms with E-state index in [1.54, 1.807) is 11.0 Å². The van der Waals surface area contributed by atoms with Gasteiger partial charge in [-0.25, -0.2) is 4.79 Å². The molecule has 0 radical (unpaired) electrons. The van der Waals surface area contributed by atoms with Gasteiger partial charge in [0.15, 0.2) is 0 Å². The van der Waals surface area contributed by atoms with E-state index in [4.69, 9.17) is 16.0 Å². The van der Waals surface area contributed by atoms with E-state index in [1.807, 2.05) is 49.4 Å². The highest BCUT2D eigenvalue weighted by molar-refractivity contribution is 6.30. The first-order valence-corrected chi connectivity index (χ1v) is 9.24. The summed E-state index contributed by atoms with van der Waals surface area (Å²) in [6.07, 6.45) is 0. The van der Waals surface area contributed by atoms with E-state index >= 15 is 0 Å². The second-order valence-corrected chi connectivity index (χ2v) is 7.14. The number of anilines is 1. The minimum Gasteiger partial charge on any atom is -0.422 e.